The molecule has 2 unspecified atom stereocenters. The molecule has 0 bridgehead atoms. The van der Waals surface area contributed by atoms with Crippen LogP contribution in [0.5, 0.6) is 0 Å². The molecule has 148 valence electrons. The zero-order chi connectivity index (χ0) is 19.5. The molecule has 0 spiro atoms. The summed E-state index contributed by atoms with van der Waals surface area (Å²) in [5, 5.41) is 14.9. The van der Waals surface area contributed by atoms with Gasteiger partial charge in [-0.05, 0) is 56.0 Å². The Balaban J connectivity index is 1.34. The zero-order valence-corrected chi connectivity index (χ0v) is 16.1. The Bertz CT molecular complexity index is 925. The van der Waals surface area contributed by atoms with Crippen molar-refractivity contribution in [2.75, 3.05) is 24.5 Å². The summed E-state index contributed by atoms with van der Waals surface area (Å²) in [4.78, 5) is 6.92. The maximum atomic E-state index is 13.0. The molecule has 1 aliphatic rings. The first-order valence-electron chi connectivity index (χ1n) is 9.87. The van der Waals surface area contributed by atoms with Gasteiger partial charge in [-0.1, -0.05) is 12.1 Å². The van der Waals surface area contributed by atoms with E-state index >= 15 is 0 Å². The summed E-state index contributed by atoms with van der Waals surface area (Å²) in [5.74, 6) is 1.59. The molecule has 1 saturated heterocycles. The number of nitrogens with one attached hydrogen (secondary N) is 1. The van der Waals surface area contributed by atoms with Crippen LogP contribution in [0.3, 0.4) is 0 Å². The number of furan rings is 1. The Kier molecular flexibility index (Phi) is 5.59. The topological polar surface area (TPSA) is 61.5 Å². The van der Waals surface area contributed by atoms with Crippen LogP contribution in [-0.2, 0) is 0 Å². The van der Waals surface area contributed by atoms with Crippen molar-refractivity contribution in [3.05, 3.63) is 59.7 Å². The molecule has 0 aliphatic carbocycles. The lowest BCUT2D eigenvalue weighted by atomic mass is 10.0. The molecule has 3 heterocycles. The average Bonchev–Trinajstić information content (AvgIpc) is 3.09. The molecule has 2 N–H and O–H groups in total. The molecule has 4 rings (SSSR count). The normalized spacial score (nSPS) is 18.5. The molecular weight excluding hydrogens is 357 g/mol. The molecule has 0 radical (unpaired) electrons. The van der Waals surface area contributed by atoms with E-state index in [4.69, 9.17) is 4.42 Å². The van der Waals surface area contributed by atoms with Crippen molar-refractivity contribution < 1.29 is 13.9 Å². The molecule has 0 amide bonds. The number of aliphatic hydroxyl groups is 1. The van der Waals surface area contributed by atoms with Crippen LogP contribution in [0.4, 0.5) is 10.2 Å². The van der Waals surface area contributed by atoms with E-state index in [1.807, 2.05) is 19.1 Å². The lowest BCUT2D eigenvalue weighted by Crippen LogP contribution is -2.51. The molecular formula is C22H26FN3O2. The van der Waals surface area contributed by atoms with Gasteiger partial charge in [-0.25, -0.2) is 9.37 Å². The number of halogens is 1. The van der Waals surface area contributed by atoms with Crippen LogP contribution in [0.1, 0.15) is 36.7 Å². The number of fused-ring (bicyclic) bond motifs is 1. The molecule has 3 aromatic rings. The van der Waals surface area contributed by atoms with Gasteiger partial charge < -0.3 is 19.7 Å². The van der Waals surface area contributed by atoms with Gasteiger partial charge in [-0.15, -0.1) is 0 Å². The summed E-state index contributed by atoms with van der Waals surface area (Å²) >= 11 is 0. The number of hydrogen-bond donors (Lipinski definition) is 2. The van der Waals surface area contributed by atoms with Gasteiger partial charge in [0.1, 0.15) is 23.0 Å². The van der Waals surface area contributed by atoms with Gasteiger partial charge in [-0.2, -0.15) is 0 Å². The van der Waals surface area contributed by atoms with E-state index in [-0.39, 0.29) is 5.82 Å². The lowest BCUT2D eigenvalue weighted by Gasteiger charge is -2.35. The Morgan fingerprint density at radius 3 is 2.96 bits per heavy atom. The maximum Gasteiger partial charge on any atom is 0.139 e. The Hall–Kier alpha value is -2.44. The van der Waals surface area contributed by atoms with Gasteiger partial charge in [0.15, 0.2) is 0 Å². The Labute approximate surface area is 164 Å². The number of aryl methyl sites for hydroxylation is 1. The fraction of sp³-hybridized carbons (Fsp3) is 0.409. The minimum Gasteiger partial charge on any atom is -0.461 e. The van der Waals surface area contributed by atoms with Crippen LogP contribution in [0.15, 0.2) is 47.0 Å². The van der Waals surface area contributed by atoms with E-state index in [9.17, 15) is 9.50 Å². The minimum atomic E-state index is -0.551. The quantitative estimate of drug-likeness (QED) is 0.675. The van der Waals surface area contributed by atoms with Crippen molar-refractivity contribution in [2.45, 2.75) is 38.3 Å². The van der Waals surface area contributed by atoms with Crippen LogP contribution in [-0.4, -0.2) is 35.8 Å². The van der Waals surface area contributed by atoms with Crippen molar-refractivity contribution in [1.29, 1.82) is 0 Å². The fourth-order valence-electron chi connectivity index (χ4n) is 3.95. The third-order valence-corrected chi connectivity index (χ3v) is 5.39. The molecule has 6 heteroatoms. The van der Waals surface area contributed by atoms with Crippen LogP contribution < -0.4 is 10.2 Å². The van der Waals surface area contributed by atoms with Gasteiger partial charge in [0.2, 0.25) is 0 Å². The summed E-state index contributed by atoms with van der Waals surface area (Å²) in [6.07, 6.45) is 3.78. The third-order valence-electron chi connectivity index (χ3n) is 5.39. The van der Waals surface area contributed by atoms with Crippen molar-refractivity contribution in [3.63, 3.8) is 0 Å². The highest BCUT2D eigenvalue weighted by Crippen LogP contribution is 2.28. The number of rotatable bonds is 6. The maximum absolute atomic E-state index is 13.0. The lowest BCUT2D eigenvalue weighted by molar-refractivity contribution is 0.161. The number of piperazine rings is 1. The van der Waals surface area contributed by atoms with Crippen LogP contribution in [0.25, 0.3) is 11.0 Å². The molecule has 0 saturated carbocycles. The Morgan fingerprint density at radius 2 is 2.14 bits per heavy atom. The van der Waals surface area contributed by atoms with Gasteiger partial charge in [0, 0.05) is 31.9 Å². The second kappa shape index (κ2) is 8.29. The van der Waals surface area contributed by atoms with Crippen LogP contribution >= 0.6 is 0 Å². The summed E-state index contributed by atoms with van der Waals surface area (Å²) in [6.45, 7) is 4.64. The Morgan fingerprint density at radius 1 is 1.32 bits per heavy atom. The molecule has 2 atom stereocenters. The second-order valence-electron chi connectivity index (χ2n) is 7.50. The SMILES string of the molecule is Cc1cc2c(N3CCNC(CCCC(O)c4ccc(F)cc4)C3)nccc2o1. The number of hydrogen-bond acceptors (Lipinski definition) is 5. The number of nitrogens with zero attached hydrogens (tertiary/aromatic N) is 2. The third kappa shape index (κ3) is 4.18. The smallest absolute Gasteiger partial charge is 0.139 e. The van der Waals surface area contributed by atoms with Gasteiger partial charge in [0.05, 0.1) is 11.5 Å². The standard InChI is InChI=1S/C22H26FN3O2/c1-15-13-19-21(28-15)9-10-25-22(19)26-12-11-24-18(14-26)3-2-4-20(27)16-5-7-17(23)8-6-16/h5-10,13,18,20,24,27H,2-4,11-12,14H2,1H3. The fourth-order valence-corrected chi connectivity index (χ4v) is 3.95. The van der Waals surface area contributed by atoms with E-state index < -0.39 is 6.10 Å². The predicted octanol–water partition coefficient (Wildman–Crippen LogP) is 3.96. The highest BCUT2D eigenvalue weighted by Gasteiger charge is 2.22. The number of anilines is 1. The number of pyridine rings is 1. The number of aromatic nitrogens is 1. The molecule has 28 heavy (non-hydrogen) atoms. The zero-order valence-electron chi connectivity index (χ0n) is 16.1. The van der Waals surface area contributed by atoms with E-state index in [0.717, 1.165) is 60.6 Å². The minimum absolute atomic E-state index is 0.279. The van der Waals surface area contributed by atoms with Gasteiger partial charge >= 0.3 is 0 Å². The molecule has 2 aromatic heterocycles. The van der Waals surface area contributed by atoms with Gasteiger partial charge in [0.25, 0.3) is 0 Å². The summed E-state index contributed by atoms with van der Waals surface area (Å²) in [5.41, 5.74) is 1.64. The number of aliphatic hydroxyl groups excluding tert-OH is 1. The largest absolute Gasteiger partial charge is 0.461 e. The van der Waals surface area contributed by atoms with Crippen molar-refractivity contribution in [2.24, 2.45) is 0 Å². The monoisotopic (exact) mass is 383 g/mol. The van der Waals surface area contributed by atoms with E-state index in [1.165, 1.54) is 12.1 Å². The molecule has 1 aromatic carbocycles. The molecule has 1 fully saturated rings. The highest BCUT2D eigenvalue weighted by atomic mass is 19.1. The van der Waals surface area contributed by atoms with E-state index in [2.05, 4.69) is 15.2 Å². The number of benzene rings is 1. The van der Waals surface area contributed by atoms with Crippen molar-refractivity contribution in [1.82, 2.24) is 10.3 Å². The van der Waals surface area contributed by atoms with E-state index in [0.29, 0.717) is 12.5 Å². The molecule has 5 nitrogen and oxygen atoms in total. The first kappa shape index (κ1) is 18.9. The van der Waals surface area contributed by atoms with Crippen molar-refractivity contribution in [3.8, 4) is 0 Å². The van der Waals surface area contributed by atoms with Crippen molar-refractivity contribution >= 4 is 16.8 Å². The van der Waals surface area contributed by atoms with E-state index in [1.54, 1.807) is 18.3 Å². The predicted molar refractivity (Wildman–Crippen MR) is 108 cm³/mol. The first-order valence-corrected chi connectivity index (χ1v) is 9.87. The van der Waals surface area contributed by atoms with Gasteiger partial charge in [-0.3, -0.25) is 0 Å². The highest BCUT2D eigenvalue weighted by molar-refractivity contribution is 5.89. The summed E-state index contributed by atoms with van der Waals surface area (Å²) in [7, 11) is 0. The summed E-state index contributed by atoms with van der Waals surface area (Å²) < 4.78 is 18.7. The van der Waals surface area contributed by atoms with Crippen LogP contribution in [0, 0.1) is 12.7 Å². The summed E-state index contributed by atoms with van der Waals surface area (Å²) in [6, 6.07) is 10.4. The van der Waals surface area contributed by atoms with Crippen LogP contribution in [0.2, 0.25) is 0 Å². The second-order valence-corrected chi connectivity index (χ2v) is 7.50. The first-order chi connectivity index (χ1) is 13.6. The molecule has 1 aliphatic heterocycles. The average molecular weight is 383 g/mol.